The Morgan fingerprint density at radius 2 is 1.87 bits per heavy atom. The van der Waals surface area contributed by atoms with Gasteiger partial charge in [-0.05, 0) is 37.1 Å². The Labute approximate surface area is 140 Å². The Morgan fingerprint density at radius 3 is 2.35 bits per heavy atom. The molecular formula is C15H16ClN3O3S. The summed E-state index contributed by atoms with van der Waals surface area (Å²) in [6.45, 7) is 0.962. The summed E-state index contributed by atoms with van der Waals surface area (Å²) in [7, 11) is -3.89. The topological polar surface area (TPSA) is 104 Å². The van der Waals surface area contributed by atoms with Crippen LogP contribution in [0.4, 0.5) is 0 Å². The molecule has 1 aromatic carbocycles. The molecule has 122 valence electrons. The summed E-state index contributed by atoms with van der Waals surface area (Å²) in [6.07, 6.45) is 2.43. The molecule has 1 aliphatic rings. The fraction of sp³-hybridized carbons (Fsp3) is 0.333. The number of nitriles is 1. The number of likely N-dealkylation sites (tertiary alicyclic amines) is 1. The van der Waals surface area contributed by atoms with E-state index in [0.717, 1.165) is 0 Å². The zero-order valence-electron chi connectivity index (χ0n) is 12.3. The van der Waals surface area contributed by atoms with E-state index in [4.69, 9.17) is 17.3 Å². The molecule has 0 aromatic heterocycles. The number of hydrogen-bond donors (Lipinski definition) is 1. The first-order valence-electron chi connectivity index (χ1n) is 7.00. The Bertz CT molecular complexity index is 758. The molecule has 1 amide bonds. The predicted octanol–water partition coefficient (Wildman–Crippen LogP) is 1.68. The Hall–Kier alpha value is -2.04. The van der Waals surface area contributed by atoms with Gasteiger partial charge in [-0.2, -0.15) is 5.26 Å². The second kappa shape index (κ2) is 7.02. The van der Waals surface area contributed by atoms with Gasteiger partial charge in [0, 0.05) is 30.2 Å². The monoisotopic (exact) mass is 353 g/mol. The molecule has 0 unspecified atom stereocenters. The van der Waals surface area contributed by atoms with Crippen LogP contribution in [0.5, 0.6) is 0 Å². The number of hydrogen-bond acceptors (Lipinski definition) is 5. The van der Waals surface area contributed by atoms with Crippen molar-refractivity contribution in [3.8, 4) is 6.07 Å². The minimum absolute atomic E-state index is 0.0155. The first-order chi connectivity index (χ1) is 10.8. The van der Waals surface area contributed by atoms with Gasteiger partial charge in [0.05, 0.1) is 4.90 Å². The van der Waals surface area contributed by atoms with E-state index in [9.17, 15) is 18.5 Å². The van der Waals surface area contributed by atoms with Crippen molar-refractivity contribution in [2.45, 2.75) is 17.7 Å². The summed E-state index contributed by atoms with van der Waals surface area (Å²) in [4.78, 5) is 12.5. The minimum Gasteiger partial charge on any atom is -0.376 e. The van der Waals surface area contributed by atoms with E-state index < -0.39 is 9.84 Å². The van der Waals surface area contributed by atoms with Crippen molar-refractivity contribution in [1.82, 2.24) is 4.90 Å². The third-order valence-corrected chi connectivity index (χ3v) is 5.68. The van der Waals surface area contributed by atoms with Crippen molar-refractivity contribution < 1.29 is 13.2 Å². The van der Waals surface area contributed by atoms with E-state index in [-0.39, 0.29) is 21.6 Å². The lowest BCUT2D eigenvalue weighted by atomic mass is 9.97. The molecule has 0 aliphatic carbocycles. The highest BCUT2D eigenvalue weighted by atomic mass is 35.5. The first kappa shape index (κ1) is 17.3. The highest BCUT2D eigenvalue weighted by Crippen LogP contribution is 2.23. The molecule has 8 heteroatoms. The van der Waals surface area contributed by atoms with Gasteiger partial charge in [-0.25, -0.2) is 8.42 Å². The van der Waals surface area contributed by atoms with Crippen molar-refractivity contribution in [3.63, 3.8) is 0 Å². The summed E-state index contributed by atoms with van der Waals surface area (Å²) in [5.74, 6) is -0.541. The largest absolute Gasteiger partial charge is 0.376 e. The van der Waals surface area contributed by atoms with Crippen LogP contribution in [0.3, 0.4) is 0 Å². The summed E-state index contributed by atoms with van der Waals surface area (Å²) in [5, 5.41) is 9.64. The van der Waals surface area contributed by atoms with Crippen LogP contribution in [0.2, 0.25) is 5.02 Å². The van der Waals surface area contributed by atoms with Crippen LogP contribution in [-0.4, -0.2) is 32.3 Å². The molecule has 0 spiro atoms. The van der Waals surface area contributed by atoms with Gasteiger partial charge in [-0.15, -0.1) is 0 Å². The van der Waals surface area contributed by atoms with Crippen molar-refractivity contribution >= 4 is 27.3 Å². The average Bonchev–Trinajstić information content (AvgIpc) is 2.53. The van der Waals surface area contributed by atoms with Crippen LogP contribution in [0, 0.1) is 17.2 Å². The minimum atomic E-state index is -3.89. The van der Waals surface area contributed by atoms with E-state index in [0.29, 0.717) is 31.0 Å². The number of rotatable bonds is 4. The summed E-state index contributed by atoms with van der Waals surface area (Å²) in [6, 6.07) is 7.39. The van der Waals surface area contributed by atoms with Gasteiger partial charge in [0.2, 0.25) is 15.7 Å². The number of amides is 1. The molecule has 1 fully saturated rings. The zero-order chi connectivity index (χ0) is 17.0. The number of allylic oxidation sites excluding steroid dienone is 1. The average molecular weight is 354 g/mol. The first-order valence-corrected chi connectivity index (χ1v) is 8.86. The van der Waals surface area contributed by atoms with E-state index in [1.807, 2.05) is 0 Å². The number of piperidine rings is 1. The van der Waals surface area contributed by atoms with Gasteiger partial charge < -0.3 is 10.6 Å². The maximum Gasteiger partial charge on any atom is 0.220 e. The van der Waals surface area contributed by atoms with Crippen LogP contribution in [0.25, 0.3) is 0 Å². The number of carbonyl (C=O) groups is 1. The maximum absolute atomic E-state index is 12.5. The third kappa shape index (κ3) is 4.03. The van der Waals surface area contributed by atoms with E-state index in [2.05, 4.69) is 0 Å². The molecule has 6 nitrogen and oxygen atoms in total. The fourth-order valence-corrected chi connectivity index (χ4v) is 3.66. The Balaban J connectivity index is 2.21. The SMILES string of the molecule is N#C/C(=C\N1CCC(C(N)=O)CC1)S(=O)(=O)c1ccc(Cl)cc1. The normalized spacial score (nSPS) is 16.9. The molecule has 1 aliphatic heterocycles. The number of halogens is 1. The predicted molar refractivity (Wildman–Crippen MR) is 85.8 cm³/mol. The summed E-state index contributed by atoms with van der Waals surface area (Å²) >= 11 is 5.75. The van der Waals surface area contributed by atoms with Crippen LogP contribution >= 0.6 is 11.6 Å². The van der Waals surface area contributed by atoms with Gasteiger partial charge in [-0.1, -0.05) is 11.6 Å². The standard InChI is InChI=1S/C15H16ClN3O3S/c16-12-1-3-13(4-2-12)23(21,22)14(9-17)10-19-7-5-11(6-8-19)15(18)20/h1-4,10-11H,5-8H2,(H2,18,20)/b14-10+. The van der Waals surface area contributed by atoms with Crippen LogP contribution < -0.4 is 5.73 Å². The van der Waals surface area contributed by atoms with E-state index in [1.54, 1.807) is 11.0 Å². The summed E-state index contributed by atoms with van der Waals surface area (Å²) in [5.41, 5.74) is 5.27. The smallest absolute Gasteiger partial charge is 0.220 e. The molecule has 2 rings (SSSR count). The zero-order valence-corrected chi connectivity index (χ0v) is 13.8. The fourth-order valence-electron chi connectivity index (χ4n) is 2.38. The van der Waals surface area contributed by atoms with Crippen LogP contribution in [0.1, 0.15) is 12.8 Å². The number of nitrogens with two attached hydrogens (primary N) is 1. The molecule has 0 atom stereocenters. The number of nitrogens with zero attached hydrogens (tertiary/aromatic N) is 2. The summed E-state index contributed by atoms with van der Waals surface area (Å²) < 4.78 is 25.0. The highest BCUT2D eigenvalue weighted by molar-refractivity contribution is 7.95. The van der Waals surface area contributed by atoms with Crippen molar-refractivity contribution in [2.75, 3.05) is 13.1 Å². The van der Waals surface area contributed by atoms with Crippen LogP contribution in [0.15, 0.2) is 40.3 Å². The Morgan fingerprint density at radius 1 is 1.30 bits per heavy atom. The van der Waals surface area contributed by atoms with Crippen molar-refractivity contribution in [3.05, 3.63) is 40.4 Å². The van der Waals surface area contributed by atoms with Crippen molar-refractivity contribution in [2.24, 2.45) is 11.7 Å². The molecule has 2 N–H and O–H groups in total. The van der Waals surface area contributed by atoms with Crippen molar-refractivity contribution in [1.29, 1.82) is 5.26 Å². The molecule has 1 heterocycles. The van der Waals surface area contributed by atoms with Gasteiger partial charge in [0.1, 0.15) is 6.07 Å². The molecule has 0 radical (unpaired) electrons. The lowest BCUT2D eigenvalue weighted by Gasteiger charge is -2.29. The van der Waals surface area contributed by atoms with E-state index in [1.165, 1.54) is 30.5 Å². The quantitative estimate of drug-likeness (QED) is 0.829. The second-order valence-electron chi connectivity index (χ2n) is 5.28. The third-order valence-electron chi connectivity index (χ3n) is 3.76. The second-order valence-corrected chi connectivity index (χ2v) is 7.63. The molecule has 1 saturated heterocycles. The van der Waals surface area contributed by atoms with Gasteiger partial charge in [-0.3, -0.25) is 4.79 Å². The number of primary amides is 1. The Kier molecular flexibility index (Phi) is 5.29. The molecular weight excluding hydrogens is 338 g/mol. The molecule has 23 heavy (non-hydrogen) atoms. The lowest BCUT2D eigenvalue weighted by Crippen LogP contribution is -2.36. The maximum atomic E-state index is 12.5. The number of benzene rings is 1. The number of carbonyl (C=O) groups excluding carboxylic acids is 1. The highest BCUT2D eigenvalue weighted by Gasteiger charge is 2.25. The molecule has 0 bridgehead atoms. The molecule has 0 saturated carbocycles. The number of sulfone groups is 1. The van der Waals surface area contributed by atoms with E-state index >= 15 is 0 Å². The van der Waals surface area contributed by atoms with Crippen LogP contribution in [-0.2, 0) is 14.6 Å². The van der Waals surface area contributed by atoms with Gasteiger partial charge >= 0.3 is 0 Å². The van der Waals surface area contributed by atoms with Gasteiger partial charge in [0.15, 0.2) is 4.91 Å². The van der Waals surface area contributed by atoms with Gasteiger partial charge in [0.25, 0.3) is 0 Å². The molecule has 1 aromatic rings. The lowest BCUT2D eigenvalue weighted by molar-refractivity contribution is -0.122.